The number of aliphatic hydroxyl groups is 1. The molecule has 4 N–H and O–H groups in total. The highest BCUT2D eigenvalue weighted by Crippen LogP contribution is 2.34. The standard InChI is InChI=1S/C18H21FN4O5S.ClH/c1-10-5-11(3-4-12(10)19)21-17(24)15-16-13(7-23(15)2)29(26,27)22-14-6-20-8-18(14,25)9-28-16;/h3-5,7,14,20,22,25H,6,8-9H2,1-2H3,(H,21,24);1H/t14-,18+;/m0./s1. The summed E-state index contributed by atoms with van der Waals surface area (Å²) in [6.45, 7) is 1.79. The number of rotatable bonds is 2. The number of nitrogens with one attached hydrogen (secondary N) is 3. The number of ether oxygens (including phenoxy) is 1. The molecule has 4 rings (SSSR count). The van der Waals surface area contributed by atoms with Crippen LogP contribution in [0.5, 0.6) is 5.75 Å². The lowest BCUT2D eigenvalue weighted by molar-refractivity contribution is -0.00577. The van der Waals surface area contributed by atoms with Crippen molar-refractivity contribution >= 4 is 34.0 Å². The van der Waals surface area contributed by atoms with Crippen LogP contribution in [0.25, 0.3) is 0 Å². The highest BCUT2D eigenvalue weighted by atomic mass is 35.5. The lowest BCUT2D eigenvalue weighted by atomic mass is 10.0. The van der Waals surface area contributed by atoms with E-state index in [1.807, 2.05) is 0 Å². The second-order valence-corrected chi connectivity index (χ2v) is 9.08. The van der Waals surface area contributed by atoms with Crippen LogP contribution in [0.1, 0.15) is 16.1 Å². The minimum Gasteiger partial charge on any atom is -0.487 e. The van der Waals surface area contributed by atoms with Gasteiger partial charge >= 0.3 is 0 Å². The molecule has 0 unspecified atom stereocenters. The molecular weight excluding hydrogens is 439 g/mol. The molecule has 0 spiro atoms. The molecule has 1 aromatic carbocycles. The molecule has 9 nitrogen and oxygen atoms in total. The van der Waals surface area contributed by atoms with Gasteiger partial charge in [-0.05, 0) is 30.7 Å². The maximum Gasteiger partial charge on any atom is 0.276 e. The largest absolute Gasteiger partial charge is 0.487 e. The average Bonchev–Trinajstić information content (AvgIpc) is 3.16. The maximum absolute atomic E-state index is 13.5. The van der Waals surface area contributed by atoms with E-state index >= 15 is 0 Å². The summed E-state index contributed by atoms with van der Waals surface area (Å²) in [6, 6.07) is 3.36. The van der Waals surface area contributed by atoms with Crippen molar-refractivity contribution in [3.8, 4) is 5.75 Å². The summed E-state index contributed by atoms with van der Waals surface area (Å²) in [5, 5.41) is 16.3. The summed E-state index contributed by atoms with van der Waals surface area (Å²) in [4.78, 5) is 12.7. The minimum absolute atomic E-state index is 0. The van der Waals surface area contributed by atoms with E-state index < -0.39 is 33.4 Å². The molecule has 0 bridgehead atoms. The van der Waals surface area contributed by atoms with E-state index in [2.05, 4.69) is 15.4 Å². The number of amides is 1. The van der Waals surface area contributed by atoms with Crippen LogP contribution < -0.4 is 20.1 Å². The molecule has 0 radical (unpaired) electrons. The number of aryl methyl sites for hydroxylation is 2. The van der Waals surface area contributed by atoms with Crippen LogP contribution in [0.15, 0.2) is 29.3 Å². The molecule has 164 valence electrons. The number of β-amino-alcohol motifs (C(OH)–C–C–N with tert-alkyl or cyclic N) is 1. The van der Waals surface area contributed by atoms with Gasteiger partial charge in [0, 0.05) is 32.0 Å². The Morgan fingerprint density at radius 3 is 2.87 bits per heavy atom. The molecule has 2 aliphatic rings. The van der Waals surface area contributed by atoms with Crippen molar-refractivity contribution in [2.75, 3.05) is 25.0 Å². The van der Waals surface area contributed by atoms with Crippen LogP contribution in [0.2, 0.25) is 0 Å². The first-order chi connectivity index (χ1) is 13.6. The number of fused-ring (bicyclic) bond motifs is 2. The number of aromatic nitrogens is 1. The number of sulfonamides is 1. The zero-order chi connectivity index (χ0) is 21.0. The van der Waals surface area contributed by atoms with E-state index in [4.69, 9.17) is 4.74 Å². The molecule has 1 aromatic heterocycles. The molecule has 2 aromatic rings. The van der Waals surface area contributed by atoms with Crippen LogP contribution in [-0.2, 0) is 17.1 Å². The number of halogens is 2. The van der Waals surface area contributed by atoms with Gasteiger partial charge in [-0.25, -0.2) is 17.5 Å². The van der Waals surface area contributed by atoms with Crippen molar-refractivity contribution < 1.29 is 27.4 Å². The van der Waals surface area contributed by atoms with E-state index in [1.54, 1.807) is 6.92 Å². The van der Waals surface area contributed by atoms with Crippen LogP contribution in [-0.4, -0.2) is 55.3 Å². The Hall–Kier alpha value is -2.18. The third-order valence-electron chi connectivity index (χ3n) is 5.21. The zero-order valence-corrected chi connectivity index (χ0v) is 17.9. The fourth-order valence-electron chi connectivity index (χ4n) is 3.58. The highest BCUT2D eigenvalue weighted by Gasteiger charge is 2.47. The number of hydrogen-bond donors (Lipinski definition) is 4. The lowest BCUT2D eigenvalue weighted by Crippen LogP contribution is -2.56. The van der Waals surface area contributed by atoms with Crippen molar-refractivity contribution in [3.05, 3.63) is 41.5 Å². The molecule has 2 atom stereocenters. The Morgan fingerprint density at radius 2 is 2.17 bits per heavy atom. The molecule has 30 heavy (non-hydrogen) atoms. The van der Waals surface area contributed by atoms with Crippen LogP contribution in [0, 0.1) is 12.7 Å². The van der Waals surface area contributed by atoms with Gasteiger partial charge in [-0.15, -0.1) is 12.4 Å². The van der Waals surface area contributed by atoms with Gasteiger partial charge in [0.15, 0.2) is 11.4 Å². The Balaban J connectivity index is 0.00000256. The van der Waals surface area contributed by atoms with Gasteiger partial charge in [0.1, 0.15) is 22.9 Å². The fourth-order valence-corrected chi connectivity index (χ4v) is 5.08. The van der Waals surface area contributed by atoms with Crippen molar-refractivity contribution in [2.24, 2.45) is 7.05 Å². The lowest BCUT2D eigenvalue weighted by Gasteiger charge is -2.31. The Morgan fingerprint density at radius 1 is 1.43 bits per heavy atom. The van der Waals surface area contributed by atoms with Gasteiger partial charge in [-0.2, -0.15) is 0 Å². The smallest absolute Gasteiger partial charge is 0.276 e. The molecule has 1 fully saturated rings. The minimum atomic E-state index is -4.04. The van der Waals surface area contributed by atoms with Crippen molar-refractivity contribution in [3.63, 3.8) is 0 Å². The van der Waals surface area contributed by atoms with Crippen molar-refractivity contribution in [2.45, 2.75) is 23.5 Å². The first kappa shape index (κ1) is 22.5. The number of hydrogen-bond acceptors (Lipinski definition) is 6. The van der Waals surface area contributed by atoms with Crippen LogP contribution >= 0.6 is 12.4 Å². The number of carbonyl (C=O) groups excluding carboxylic acids is 1. The number of nitrogens with zero attached hydrogens (tertiary/aromatic N) is 1. The molecule has 1 saturated heterocycles. The van der Waals surface area contributed by atoms with Gasteiger partial charge in [-0.1, -0.05) is 0 Å². The molecular formula is C18H22ClFN4O5S. The van der Waals surface area contributed by atoms with Gasteiger partial charge in [0.25, 0.3) is 5.91 Å². The zero-order valence-electron chi connectivity index (χ0n) is 16.2. The quantitative estimate of drug-likeness (QED) is 0.518. The first-order valence-electron chi connectivity index (χ1n) is 8.96. The maximum atomic E-state index is 13.5. The topological polar surface area (TPSA) is 122 Å². The molecule has 1 amide bonds. The van der Waals surface area contributed by atoms with Crippen LogP contribution in [0.4, 0.5) is 10.1 Å². The van der Waals surface area contributed by atoms with E-state index in [1.165, 1.54) is 36.0 Å². The summed E-state index contributed by atoms with van der Waals surface area (Å²) in [5.74, 6) is -1.17. The summed E-state index contributed by atoms with van der Waals surface area (Å²) < 4.78 is 48.7. The number of benzene rings is 1. The highest BCUT2D eigenvalue weighted by molar-refractivity contribution is 7.89. The Kier molecular flexibility index (Phi) is 5.87. The summed E-state index contributed by atoms with van der Waals surface area (Å²) in [6.07, 6.45) is 1.29. The van der Waals surface area contributed by atoms with Gasteiger partial charge in [-0.3, -0.25) is 4.79 Å². The first-order valence-corrected chi connectivity index (χ1v) is 10.4. The van der Waals surface area contributed by atoms with E-state index in [9.17, 15) is 22.7 Å². The van der Waals surface area contributed by atoms with E-state index in [0.717, 1.165) is 0 Å². The van der Waals surface area contributed by atoms with Gasteiger partial charge < -0.3 is 25.0 Å². The molecule has 0 aliphatic carbocycles. The average molecular weight is 461 g/mol. The van der Waals surface area contributed by atoms with Crippen molar-refractivity contribution in [1.82, 2.24) is 14.6 Å². The monoisotopic (exact) mass is 460 g/mol. The van der Waals surface area contributed by atoms with Crippen LogP contribution in [0.3, 0.4) is 0 Å². The Bertz CT molecular complexity index is 1110. The molecule has 2 aliphatic heterocycles. The van der Waals surface area contributed by atoms with E-state index in [-0.39, 0.29) is 48.4 Å². The SMILES string of the molecule is Cc1cc(NC(=O)c2c3c(cn2C)S(=O)(=O)N[C@H]2CNC[C@@]2(O)CO3)ccc1F.Cl. The summed E-state index contributed by atoms with van der Waals surface area (Å²) in [7, 11) is -2.52. The number of anilines is 1. The third kappa shape index (κ3) is 3.79. The summed E-state index contributed by atoms with van der Waals surface area (Å²) in [5.41, 5.74) is -0.757. The molecule has 0 saturated carbocycles. The predicted molar refractivity (Wildman–Crippen MR) is 109 cm³/mol. The second-order valence-electron chi connectivity index (χ2n) is 7.40. The summed E-state index contributed by atoms with van der Waals surface area (Å²) >= 11 is 0. The third-order valence-corrected chi connectivity index (χ3v) is 6.68. The number of carbonyl (C=O) groups is 1. The normalized spacial score (nSPS) is 24.5. The second kappa shape index (κ2) is 7.82. The molecule has 3 heterocycles. The fraction of sp³-hybridized carbons (Fsp3) is 0.389. The van der Waals surface area contributed by atoms with Gasteiger partial charge in [0.05, 0.1) is 6.04 Å². The van der Waals surface area contributed by atoms with Gasteiger partial charge in [0.2, 0.25) is 10.0 Å². The van der Waals surface area contributed by atoms with Crippen molar-refractivity contribution in [1.29, 1.82) is 0 Å². The predicted octanol–water partition coefficient (Wildman–Crippen LogP) is 0.520. The molecule has 12 heteroatoms. The Labute approximate surface area is 179 Å². The van der Waals surface area contributed by atoms with E-state index in [0.29, 0.717) is 11.3 Å².